The van der Waals surface area contributed by atoms with Crippen molar-refractivity contribution in [2.75, 3.05) is 19.8 Å². The highest BCUT2D eigenvalue weighted by atomic mass is 79.9. The number of benzene rings is 1. The van der Waals surface area contributed by atoms with Crippen LogP contribution in [0.5, 0.6) is 0 Å². The lowest BCUT2D eigenvalue weighted by Crippen LogP contribution is -2.24. The van der Waals surface area contributed by atoms with Crippen LogP contribution in [0.1, 0.15) is 18.5 Å². The van der Waals surface area contributed by atoms with Gasteiger partial charge in [-0.25, -0.2) is 8.78 Å². The number of nitrogens with one attached hydrogen (secondary N) is 1. The molecule has 0 heterocycles. The zero-order chi connectivity index (χ0) is 13.5. The maximum atomic E-state index is 11.8. The molecule has 0 saturated carbocycles. The fourth-order valence-corrected chi connectivity index (χ4v) is 2.87. The molecule has 1 atom stereocenters. The van der Waals surface area contributed by atoms with E-state index in [1.807, 2.05) is 25.1 Å². The zero-order valence-electron chi connectivity index (χ0n) is 9.93. The maximum Gasteiger partial charge on any atom is 0.261 e. The van der Waals surface area contributed by atoms with Crippen molar-refractivity contribution in [1.82, 2.24) is 5.32 Å². The molecule has 0 spiro atoms. The molecule has 0 fully saturated rings. The normalized spacial score (nSPS) is 13.0. The summed E-state index contributed by atoms with van der Waals surface area (Å²) in [6.45, 7) is 2.33. The number of alkyl halides is 2. The van der Waals surface area contributed by atoms with Gasteiger partial charge in [-0.05, 0) is 24.6 Å². The van der Waals surface area contributed by atoms with E-state index >= 15 is 0 Å². The molecule has 0 amide bonds. The Morgan fingerprint density at radius 3 is 2.67 bits per heavy atom. The average Bonchev–Trinajstić information content (AvgIpc) is 2.27. The van der Waals surface area contributed by atoms with Crippen LogP contribution in [-0.2, 0) is 4.74 Å². The lowest BCUT2D eigenvalue weighted by Gasteiger charge is -2.16. The minimum Gasteiger partial charge on any atom is -0.374 e. The van der Waals surface area contributed by atoms with Crippen LogP contribution < -0.4 is 5.32 Å². The summed E-state index contributed by atoms with van der Waals surface area (Å²) in [7, 11) is 0. The van der Waals surface area contributed by atoms with E-state index in [9.17, 15) is 8.78 Å². The molecule has 102 valence electrons. The summed E-state index contributed by atoms with van der Waals surface area (Å²) in [5.74, 6) is 0. The van der Waals surface area contributed by atoms with Gasteiger partial charge in [0.1, 0.15) is 6.61 Å². The molecule has 0 aliphatic rings. The molecule has 0 aliphatic carbocycles. The highest BCUT2D eigenvalue weighted by molar-refractivity contribution is 9.11. The van der Waals surface area contributed by atoms with Crippen LogP contribution in [0, 0.1) is 0 Å². The maximum absolute atomic E-state index is 11.8. The fourth-order valence-electron chi connectivity index (χ4n) is 1.48. The fraction of sp³-hybridized carbons (Fsp3) is 0.500. The second-order valence-corrected chi connectivity index (χ2v) is 5.58. The summed E-state index contributed by atoms with van der Waals surface area (Å²) in [4.78, 5) is 0. The summed E-state index contributed by atoms with van der Waals surface area (Å²) < 4.78 is 30.4. The standard InChI is InChI=1S/C12H15Br2F2NO/c1-8(17-4-5-18-7-12(15)16)10-3-2-9(13)6-11(10)14/h2-3,6,8,12,17H,4-5,7H2,1H3. The predicted octanol–water partition coefficient (Wildman–Crippen LogP) is 4.14. The van der Waals surface area contributed by atoms with Crippen LogP contribution in [0.3, 0.4) is 0 Å². The molecular weight excluding hydrogens is 372 g/mol. The number of ether oxygens (including phenoxy) is 1. The van der Waals surface area contributed by atoms with Gasteiger partial charge in [-0.3, -0.25) is 0 Å². The molecular formula is C12H15Br2F2NO. The average molecular weight is 387 g/mol. The largest absolute Gasteiger partial charge is 0.374 e. The van der Waals surface area contributed by atoms with Crippen LogP contribution in [0.4, 0.5) is 8.78 Å². The van der Waals surface area contributed by atoms with Crippen molar-refractivity contribution in [3.05, 3.63) is 32.7 Å². The molecule has 6 heteroatoms. The van der Waals surface area contributed by atoms with Crippen molar-refractivity contribution in [2.45, 2.75) is 19.4 Å². The molecule has 18 heavy (non-hydrogen) atoms. The third-order valence-electron chi connectivity index (χ3n) is 2.37. The van der Waals surface area contributed by atoms with Gasteiger partial charge in [0.2, 0.25) is 0 Å². The van der Waals surface area contributed by atoms with Gasteiger partial charge < -0.3 is 10.1 Å². The van der Waals surface area contributed by atoms with Gasteiger partial charge in [0.05, 0.1) is 6.61 Å². The Kier molecular flexibility index (Phi) is 7.29. The quantitative estimate of drug-likeness (QED) is 0.711. The highest BCUT2D eigenvalue weighted by Gasteiger charge is 2.09. The topological polar surface area (TPSA) is 21.3 Å². The van der Waals surface area contributed by atoms with Crippen molar-refractivity contribution in [1.29, 1.82) is 0 Å². The van der Waals surface area contributed by atoms with Gasteiger partial charge in [-0.1, -0.05) is 37.9 Å². The molecule has 1 N–H and O–H groups in total. The van der Waals surface area contributed by atoms with Gasteiger partial charge in [0.15, 0.2) is 0 Å². The number of hydrogen-bond acceptors (Lipinski definition) is 2. The first kappa shape index (κ1) is 16.0. The molecule has 1 aromatic carbocycles. The Hall–Kier alpha value is -0.0400. The van der Waals surface area contributed by atoms with Crippen molar-refractivity contribution in [3.63, 3.8) is 0 Å². The van der Waals surface area contributed by atoms with E-state index in [0.29, 0.717) is 6.54 Å². The van der Waals surface area contributed by atoms with E-state index in [0.717, 1.165) is 14.5 Å². The third-order valence-corrected chi connectivity index (χ3v) is 3.55. The number of halogens is 4. The summed E-state index contributed by atoms with van der Waals surface area (Å²) in [6, 6.07) is 6.07. The van der Waals surface area contributed by atoms with Crippen molar-refractivity contribution in [2.24, 2.45) is 0 Å². The van der Waals surface area contributed by atoms with Crippen molar-refractivity contribution in [3.8, 4) is 0 Å². The second-order valence-electron chi connectivity index (χ2n) is 3.81. The molecule has 1 unspecified atom stereocenters. The van der Waals surface area contributed by atoms with Crippen molar-refractivity contribution >= 4 is 31.9 Å². The molecule has 2 nitrogen and oxygen atoms in total. The Morgan fingerprint density at radius 1 is 1.33 bits per heavy atom. The van der Waals surface area contributed by atoms with Crippen LogP contribution >= 0.6 is 31.9 Å². The minimum absolute atomic E-state index is 0.127. The molecule has 1 aromatic rings. The first-order valence-electron chi connectivity index (χ1n) is 5.55. The first-order valence-corrected chi connectivity index (χ1v) is 7.13. The van der Waals surface area contributed by atoms with Crippen LogP contribution in [0.25, 0.3) is 0 Å². The van der Waals surface area contributed by atoms with Crippen LogP contribution in [0.2, 0.25) is 0 Å². The minimum atomic E-state index is -2.40. The molecule has 0 bridgehead atoms. The van der Waals surface area contributed by atoms with E-state index in [1.165, 1.54) is 0 Å². The Bertz CT molecular complexity index is 377. The summed E-state index contributed by atoms with van der Waals surface area (Å²) in [6.07, 6.45) is -2.40. The Labute approximate surface area is 122 Å². The molecule has 0 saturated heterocycles. The van der Waals surface area contributed by atoms with E-state index in [-0.39, 0.29) is 12.6 Å². The monoisotopic (exact) mass is 385 g/mol. The van der Waals surface area contributed by atoms with Crippen LogP contribution in [0.15, 0.2) is 27.1 Å². The number of hydrogen-bond donors (Lipinski definition) is 1. The molecule has 0 radical (unpaired) electrons. The second kappa shape index (κ2) is 8.19. The van der Waals surface area contributed by atoms with E-state index in [4.69, 9.17) is 4.74 Å². The van der Waals surface area contributed by atoms with Gasteiger partial charge in [-0.15, -0.1) is 0 Å². The summed E-state index contributed by atoms with van der Waals surface area (Å²) in [5.41, 5.74) is 1.12. The predicted molar refractivity (Wildman–Crippen MR) is 75.1 cm³/mol. The highest BCUT2D eigenvalue weighted by Crippen LogP contribution is 2.26. The third kappa shape index (κ3) is 5.73. The van der Waals surface area contributed by atoms with Gasteiger partial charge in [0.25, 0.3) is 6.43 Å². The van der Waals surface area contributed by atoms with E-state index in [2.05, 4.69) is 37.2 Å². The summed E-state index contributed by atoms with van der Waals surface area (Å²) in [5, 5.41) is 3.22. The molecule has 1 rings (SSSR count). The van der Waals surface area contributed by atoms with E-state index in [1.54, 1.807) is 0 Å². The Balaban J connectivity index is 2.34. The Morgan fingerprint density at radius 2 is 2.06 bits per heavy atom. The lowest BCUT2D eigenvalue weighted by atomic mass is 10.1. The number of rotatable bonds is 7. The van der Waals surface area contributed by atoms with Gasteiger partial charge in [-0.2, -0.15) is 0 Å². The van der Waals surface area contributed by atoms with Crippen molar-refractivity contribution < 1.29 is 13.5 Å². The van der Waals surface area contributed by atoms with Gasteiger partial charge in [0, 0.05) is 21.5 Å². The van der Waals surface area contributed by atoms with Gasteiger partial charge >= 0.3 is 0 Å². The smallest absolute Gasteiger partial charge is 0.261 e. The summed E-state index contributed by atoms with van der Waals surface area (Å²) >= 11 is 6.88. The molecule has 0 aliphatic heterocycles. The SMILES string of the molecule is CC(NCCOCC(F)F)c1ccc(Br)cc1Br. The van der Waals surface area contributed by atoms with Crippen LogP contribution in [-0.4, -0.2) is 26.2 Å². The zero-order valence-corrected chi connectivity index (χ0v) is 13.1. The molecule has 0 aromatic heterocycles. The first-order chi connectivity index (χ1) is 8.50. The van der Waals surface area contributed by atoms with E-state index < -0.39 is 13.0 Å². The lowest BCUT2D eigenvalue weighted by molar-refractivity contribution is 0.0183.